The Labute approximate surface area is 145 Å². The van der Waals surface area contributed by atoms with Crippen LogP contribution in [0.15, 0.2) is 35.2 Å². The molecule has 2 aromatic heterocycles. The molecule has 0 aliphatic carbocycles. The third-order valence-corrected chi connectivity index (χ3v) is 4.46. The standard InChI is InChI=1S/C16H21BrN6/c1-22(2)16-9-14(19-11-20-16)21-13-5-7-23(8-6-13)15-4-3-12(17)10-18-15/h3-4,9-11,13H,5-8H2,1-2H3,(H,19,20,21). The first-order valence-corrected chi connectivity index (χ1v) is 8.53. The number of pyridine rings is 1. The summed E-state index contributed by atoms with van der Waals surface area (Å²) in [6.07, 6.45) is 5.60. The molecule has 0 radical (unpaired) electrons. The van der Waals surface area contributed by atoms with Gasteiger partial charge in [0.05, 0.1) is 0 Å². The van der Waals surface area contributed by atoms with Gasteiger partial charge in [0, 0.05) is 50.0 Å². The number of rotatable bonds is 4. The van der Waals surface area contributed by atoms with Crippen molar-refractivity contribution < 1.29 is 0 Å². The maximum absolute atomic E-state index is 4.47. The average Bonchev–Trinajstić information content (AvgIpc) is 2.57. The molecule has 1 aliphatic heterocycles. The third kappa shape index (κ3) is 4.10. The highest BCUT2D eigenvalue weighted by Gasteiger charge is 2.20. The Bertz CT molecular complexity index is 637. The maximum Gasteiger partial charge on any atom is 0.133 e. The minimum Gasteiger partial charge on any atom is -0.367 e. The molecule has 0 saturated carbocycles. The van der Waals surface area contributed by atoms with E-state index in [1.807, 2.05) is 37.3 Å². The van der Waals surface area contributed by atoms with Gasteiger partial charge in [-0.2, -0.15) is 0 Å². The Morgan fingerprint density at radius 3 is 2.61 bits per heavy atom. The molecule has 6 nitrogen and oxygen atoms in total. The molecule has 1 fully saturated rings. The number of nitrogens with zero attached hydrogens (tertiary/aromatic N) is 5. The molecule has 0 atom stereocenters. The van der Waals surface area contributed by atoms with Crippen molar-refractivity contribution in [3.8, 4) is 0 Å². The number of hydrogen-bond donors (Lipinski definition) is 1. The molecule has 3 rings (SSSR count). The van der Waals surface area contributed by atoms with E-state index in [-0.39, 0.29) is 0 Å². The summed E-state index contributed by atoms with van der Waals surface area (Å²) in [5.41, 5.74) is 0. The second-order valence-electron chi connectivity index (χ2n) is 5.90. The van der Waals surface area contributed by atoms with E-state index in [2.05, 4.69) is 47.2 Å². The summed E-state index contributed by atoms with van der Waals surface area (Å²) in [4.78, 5) is 17.4. The van der Waals surface area contributed by atoms with Crippen LogP contribution in [0.2, 0.25) is 0 Å². The third-order valence-electron chi connectivity index (χ3n) is 3.99. The van der Waals surface area contributed by atoms with Crippen LogP contribution in [0.25, 0.3) is 0 Å². The average molecular weight is 377 g/mol. The van der Waals surface area contributed by atoms with E-state index in [1.54, 1.807) is 6.33 Å². The van der Waals surface area contributed by atoms with Crippen molar-refractivity contribution in [2.45, 2.75) is 18.9 Å². The normalized spacial score (nSPS) is 15.5. The smallest absolute Gasteiger partial charge is 0.133 e. The predicted octanol–water partition coefficient (Wildman–Crippen LogP) is 2.78. The van der Waals surface area contributed by atoms with E-state index in [9.17, 15) is 0 Å². The Morgan fingerprint density at radius 2 is 1.96 bits per heavy atom. The number of aromatic nitrogens is 3. The van der Waals surface area contributed by atoms with E-state index < -0.39 is 0 Å². The molecule has 1 N–H and O–H groups in total. The first-order valence-electron chi connectivity index (χ1n) is 7.74. The molecule has 7 heteroatoms. The largest absolute Gasteiger partial charge is 0.367 e. The Morgan fingerprint density at radius 1 is 1.17 bits per heavy atom. The van der Waals surface area contributed by atoms with E-state index in [0.717, 1.165) is 47.9 Å². The van der Waals surface area contributed by atoms with Crippen LogP contribution in [0, 0.1) is 0 Å². The Hall–Kier alpha value is -1.89. The Kier molecular flexibility index (Phi) is 4.95. The molecule has 1 aliphatic rings. The van der Waals surface area contributed by atoms with Crippen LogP contribution in [0.3, 0.4) is 0 Å². The van der Waals surface area contributed by atoms with Gasteiger partial charge in [-0.3, -0.25) is 0 Å². The summed E-state index contributed by atoms with van der Waals surface area (Å²) in [6.45, 7) is 2.00. The molecule has 0 amide bonds. The van der Waals surface area contributed by atoms with Crippen molar-refractivity contribution >= 4 is 33.4 Å². The highest BCUT2D eigenvalue weighted by atomic mass is 79.9. The lowest BCUT2D eigenvalue weighted by Gasteiger charge is -2.33. The fraction of sp³-hybridized carbons (Fsp3) is 0.438. The molecular formula is C16H21BrN6. The van der Waals surface area contributed by atoms with E-state index in [4.69, 9.17) is 0 Å². The highest BCUT2D eigenvalue weighted by Crippen LogP contribution is 2.22. The number of piperidine rings is 1. The zero-order valence-corrected chi connectivity index (χ0v) is 15.0. The van der Waals surface area contributed by atoms with Crippen LogP contribution < -0.4 is 15.1 Å². The van der Waals surface area contributed by atoms with Crippen molar-refractivity contribution in [3.63, 3.8) is 0 Å². The number of halogens is 1. The monoisotopic (exact) mass is 376 g/mol. The number of hydrogen-bond acceptors (Lipinski definition) is 6. The molecule has 0 aromatic carbocycles. The van der Waals surface area contributed by atoms with Crippen molar-refractivity contribution in [2.24, 2.45) is 0 Å². The van der Waals surface area contributed by atoms with Crippen molar-refractivity contribution in [1.82, 2.24) is 15.0 Å². The van der Waals surface area contributed by atoms with Crippen molar-refractivity contribution in [3.05, 3.63) is 35.2 Å². The first kappa shape index (κ1) is 16.0. The molecule has 2 aromatic rings. The van der Waals surface area contributed by atoms with Gasteiger partial charge in [0.25, 0.3) is 0 Å². The van der Waals surface area contributed by atoms with Gasteiger partial charge in [-0.05, 0) is 40.9 Å². The molecule has 0 spiro atoms. The zero-order chi connectivity index (χ0) is 16.2. The lowest BCUT2D eigenvalue weighted by molar-refractivity contribution is 0.522. The fourth-order valence-corrected chi connectivity index (χ4v) is 2.92. The van der Waals surface area contributed by atoms with Crippen LogP contribution in [0.1, 0.15) is 12.8 Å². The molecule has 3 heterocycles. The quantitative estimate of drug-likeness (QED) is 0.885. The van der Waals surface area contributed by atoms with Gasteiger partial charge in [-0.15, -0.1) is 0 Å². The van der Waals surface area contributed by atoms with Crippen LogP contribution in [0.4, 0.5) is 17.5 Å². The van der Waals surface area contributed by atoms with Crippen LogP contribution in [-0.4, -0.2) is 48.2 Å². The van der Waals surface area contributed by atoms with Gasteiger partial charge in [-0.1, -0.05) is 0 Å². The van der Waals surface area contributed by atoms with Gasteiger partial charge in [0.2, 0.25) is 0 Å². The van der Waals surface area contributed by atoms with Crippen LogP contribution >= 0.6 is 15.9 Å². The van der Waals surface area contributed by atoms with Gasteiger partial charge < -0.3 is 15.1 Å². The molecular weight excluding hydrogens is 356 g/mol. The summed E-state index contributed by atoms with van der Waals surface area (Å²) in [6, 6.07) is 6.52. The SMILES string of the molecule is CN(C)c1cc(NC2CCN(c3ccc(Br)cn3)CC2)ncn1. The van der Waals surface area contributed by atoms with E-state index >= 15 is 0 Å². The number of anilines is 3. The van der Waals surface area contributed by atoms with Gasteiger partial charge >= 0.3 is 0 Å². The summed E-state index contributed by atoms with van der Waals surface area (Å²) in [7, 11) is 3.96. The predicted molar refractivity (Wildman–Crippen MR) is 97.2 cm³/mol. The molecule has 0 unspecified atom stereocenters. The number of nitrogens with one attached hydrogen (secondary N) is 1. The minimum absolute atomic E-state index is 0.437. The lowest BCUT2D eigenvalue weighted by Crippen LogP contribution is -2.39. The molecule has 0 bridgehead atoms. The second kappa shape index (κ2) is 7.12. The summed E-state index contributed by atoms with van der Waals surface area (Å²) >= 11 is 3.43. The summed E-state index contributed by atoms with van der Waals surface area (Å²) in [5, 5.41) is 3.52. The summed E-state index contributed by atoms with van der Waals surface area (Å²) < 4.78 is 1.01. The van der Waals surface area contributed by atoms with E-state index in [0.29, 0.717) is 6.04 Å². The van der Waals surface area contributed by atoms with Crippen LogP contribution in [0.5, 0.6) is 0 Å². The maximum atomic E-state index is 4.47. The summed E-state index contributed by atoms with van der Waals surface area (Å²) in [5.74, 6) is 2.85. The first-order chi connectivity index (χ1) is 11.1. The van der Waals surface area contributed by atoms with Gasteiger partial charge in [0.15, 0.2) is 0 Å². The highest BCUT2D eigenvalue weighted by molar-refractivity contribution is 9.10. The molecule has 122 valence electrons. The minimum atomic E-state index is 0.437. The van der Waals surface area contributed by atoms with Gasteiger partial charge in [0.1, 0.15) is 23.8 Å². The lowest BCUT2D eigenvalue weighted by atomic mass is 10.1. The second-order valence-corrected chi connectivity index (χ2v) is 6.81. The van der Waals surface area contributed by atoms with E-state index in [1.165, 1.54) is 0 Å². The van der Waals surface area contributed by atoms with Crippen LogP contribution in [-0.2, 0) is 0 Å². The Balaban J connectivity index is 1.57. The van der Waals surface area contributed by atoms with Crippen molar-refractivity contribution in [2.75, 3.05) is 42.3 Å². The fourth-order valence-electron chi connectivity index (χ4n) is 2.69. The molecule has 1 saturated heterocycles. The van der Waals surface area contributed by atoms with Gasteiger partial charge in [-0.25, -0.2) is 15.0 Å². The molecule has 23 heavy (non-hydrogen) atoms. The topological polar surface area (TPSA) is 57.2 Å². The zero-order valence-electron chi connectivity index (χ0n) is 13.4. The van der Waals surface area contributed by atoms with Crippen molar-refractivity contribution in [1.29, 1.82) is 0 Å².